The molecule has 0 amide bonds. The smallest absolute Gasteiger partial charge is 0.306 e. The Hall–Kier alpha value is 0.01000. The van der Waals surface area contributed by atoms with E-state index in [1.54, 1.807) is 0 Å². The molecule has 2 N–H and O–H groups in total. The number of esters is 1. The molecule has 0 aromatic heterocycles. The van der Waals surface area contributed by atoms with Crippen LogP contribution in [0.3, 0.4) is 0 Å². The fraction of sp³-hybridized carbons (Fsp3) is 0.909. The van der Waals surface area contributed by atoms with Gasteiger partial charge in [0, 0.05) is 0 Å². The largest absolute Gasteiger partial charge is 0.469 e. The number of hydrogen-bond donors (Lipinski definition) is 1. The van der Waals surface area contributed by atoms with Gasteiger partial charge < -0.3 is 10.5 Å². The molecule has 2 aliphatic carbocycles. The van der Waals surface area contributed by atoms with Crippen molar-refractivity contribution in [2.45, 2.75) is 32.1 Å². The summed E-state index contributed by atoms with van der Waals surface area (Å²) in [5, 5.41) is 0. The fourth-order valence-corrected chi connectivity index (χ4v) is 3.13. The minimum absolute atomic E-state index is 0. The molecular weight excluding hydrogens is 249 g/mol. The number of carbonyl (C=O) groups is 1. The first kappa shape index (κ1) is 16.0. The van der Waals surface area contributed by atoms with Gasteiger partial charge in [-0.15, -0.1) is 24.8 Å². The molecule has 0 spiro atoms. The molecule has 0 aromatic rings. The van der Waals surface area contributed by atoms with Crippen LogP contribution in [0, 0.1) is 17.3 Å². The average Bonchev–Trinajstić information content (AvgIpc) is 2.42. The summed E-state index contributed by atoms with van der Waals surface area (Å²) in [5.74, 6) is 1.60. The van der Waals surface area contributed by atoms with E-state index in [2.05, 4.69) is 0 Å². The van der Waals surface area contributed by atoms with Crippen LogP contribution in [0.15, 0.2) is 0 Å². The molecule has 2 fully saturated rings. The van der Waals surface area contributed by atoms with Gasteiger partial charge in [-0.05, 0) is 49.5 Å². The number of ether oxygens (including phenoxy) is 1. The lowest BCUT2D eigenvalue weighted by Gasteiger charge is -2.29. The van der Waals surface area contributed by atoms with E-state index in [1.165, 1.54) is 20.0 Å². The molecule has 0 bridgehead atoms. The maximum Gasteiger partial charge on any atom is 0.306 e. The van der Waals surface area contributed by atoms with E-state index in [-0.39, 0.29) is 36.2 Å². The topological polar surface area (TPSA) is 52.3 Å². The van der Waals surface area contributed by atoms with E-state index in [9.17, 15) is 4.79 Å². The summed E-state index contributed by atoms with van der Waals surface area (Å²) in [6.45, 7) is 0.634. The Morgan fingerprint density at radius 2 is 1.81 bits per heavy atom. The third-order valence-corrected chi connectivity index (χ3v) is 4.15. The molecule has 96 valence electrons. The van der Waals surface area contributed by atoms with Crippen molar-refractivity contribution >= 4 is 30.8 Å². The first-order chi connectivity index (χ1) is 6.69. The number of carbonyl (C=O) groups excluding carboxylic acids is 1. The molecule has 2 rings (SSSR count). The van der Waals surface area contributed by atoms with Crippen LogP contribution in [0.2, 0.25) is 0 Å². The van der Waals surface area contributed by atoms with Gasteiger partial charge in [-0.25, -0.2) is 0 Å². The van der Waals surface area contributed by atoms with Crippen molar-refractivity contribution < 1.29 is 9.53 Å². The Kier molecular flexibility index (Phi) is 6.09. The van der Waals surface area contributed by atoms with Crippen LogP contribution in [0.5, 0.6) is 0 Å². The predicted molar refractivity (Wildman–Crippen MR) is 68.1 cm³/mol. The predicted octanol–water partition coefficient (Wildman–Crippen LogP) is 2.16. The number of hydrogen-bond acceptors (Lipinski definition) is 3. The van der Waals surface area contributed by atoms with Crippen molar-refractivity contribution in [1.29, 1.82) is 0 Å². The molecule has 2 aliphatic rings. The molecular formula is C11H21Cl2NO2. The summed E-state index contributed by atoms with van der Waals surface area (Å²) >= 11 is 0. The normalized spacial score (nSPS) is 35.1. The van der Waals surface area contributed by atoms with Crippen molar-refractivity contribution in [3.63, 3.8) is 0 Å². The van der Waals surface area contributed by atoms with Crippen LogP contribution in [0.1, 0.15) is 32.1 Å². The molecule has 0 aliphatic heterocycles. The Morgan fingerprint density at radius 1 is 1.31 bits per heavy atom. The molecule has 0 heterocycles. The lowest BCUT2D eigenvalue weighted by atomic mass is 9.77. The van der Waals surface area contributed by atoms with E-state index in [0.717, 1.165) is 24.7 Å². The molecule has 0 aromatic carbocycles. The monoisotopic (exact) mass is 269 g/mol. The summed E-state index contributed by atoms with van der Waals surface area (Å²) in [4.78, 5) is 11.3. The fourth-order valence-electron chi connectivity index (χ4n) is 3.13. The summed E-state index contributed by atoms with van der Waals surface area (Å²) < 4.78 is 4.74. The lowest BCUT2D eigenvalue weighted by molar-refractivity contribution is -0.143. The van der Waals surface area contributed by atoms with E-state index >= 15 is 0 Å². The maximum absolute atomic E-state index is 11.3. The molecule has 1 unspecified atom stereocenters. The zero-order valence-electron chi connectivity index (χ0n) is 9.61. The minimum Gasteiger partial charge on any atom is -0.469 e. The zero-order valence-corrected chi connectivity index (χ0v) is 11.2. The van der Waals surface area contributed by atoms with Crippen LogP contribution >= 0.6 is 24.8 Å². The van der Waals surface area contributed by atoms with Crippen LogP contribution < -0.4 is 5.73 Å². The highest BCUT2D eigenvalue weighted by Crippen LogP contribution is 2.56. The molecule has 3 nitrogen and oxygen atoms in total. The van der Waals surface area contributed by atoms with Crippen molar-refractivity contribution in [1.82, 2.24) is 0 Å². The standard InChI is InChI=1S/C11H19NO2.2ClH/c1-14-10(13)6-11(7-12)4-8-2-3-9(8)5-11;;/h8-9H,2-7,12H2,1H3;2*1H/t8-,9+,11?;;. The van der Waals surface area contributed by atoms with Gasteiger partial charge in [-0.2, -0.15) is 0 Å². The zero-order chi connectivity index (χ0) is 10.2. The summed E-state index contributed by atoms with van der Waals surface area (Å²) in [6, 6.07) is 0. The van der Waals surface area contributed by atoms with Gasteiger partial charge in [0.15, 0.2) is 0 Å². The maximum atomic E-state index is 11.3. The Bertz CT molecular complexity index is 236. The van der Waals surface area contributed by atoms with Gasteiger partial charge in [0.1, 0.15) is 0 Å². The molecule has 0 saturated heterocycles. The Balaban J connectivity index is 0.00000112. The summed E-state index contributed by atoms with van der Waals surface area (Å²) in [5.41, 5.74) is 5.88. The number of halogens is 2. The van der Waals surface area contributed by atoms with Crippen LogP contribution in [0.25, 0.3) is 0 Å². The highest BCUT2D eigenvalue weighted by Gasteiger charge is 2.49. The first-order valence-electron chi connectivity index (χ1n) is 5.46. The summed E-state index contributed by atoms with van der Waals surface area (Å²) in [7, 11) is 1.45. The number of rotatable bonds is 3. The second-order valence-electron chi connectivity index (χ2n) is 4.96. The first-order valence-corrected chi connectivity index (χ1v) is 5.46. The second-order valence-corrected chi connectivity index (χ2v) is 4.96. The van der Waals surface area contributed by atoms with E-state index in [0.29, 0.717) is 13.0 Å². The van der Waals surface area contributed by atoms with Crippen LogP contribution in [-0.2, 0) is 9.53 Å². The van der Waals surface area contributed by atoms with Crippen LogP contribution in [0.4, 0.5) is 0 Å². The second kappa shape index (κ2) is 6.08. The van der Waals surface area contributed by atoms with Crippen molar-refractivity contribution in [2.75, 3.05) is 13.7 Å². The number of fused-ring (bicyclic) bond motifs is 1. The van der Waals surface area contributed by atoms with E-state index in [4.69, 9.17) is 10.5 Å². The quantitative estimate of drug-likeness (QED) is 0.799. The van der Waals surface area contributed by atoms with E-state index in [1.807, 2.05) is 0 Å². The average molecular weight is 270 g/mol. The lowest BCUT2D eigenvalue weighted by Crippen LogP contribution is -2.31. The van der Waals surface area contributed by atoms with Gasteiger partial charge in [0.25, 0.3) is 0 Å². The third kappa shape index (κ3) is 2.82. The van der Waals surface area contributed by atoms with Gasteiger partial charge in [-0.1, -0.05) is 0 Å². The third-order valence-electron chi connectivity index (χ3n) is 4.15. The number of methoxy groups -OCH3 is 1. The van der Waals surface area contributed by atoms with Crippen LogP contribution in [-0.4, -0.2) is 19.6 Å². The van der Waals surface area contributed by atoms with Gasteiger partial charge in [0.05, 0.1) is 13.5 Å². The minimum atomic E-state index is -0.100. The highest BCUT2D eigenvalue weighted by molar-refractivity contribution is 5.85. The number of nitrogens with two attached hydrogens (primary N) is 1. The Labute approximate surface area is 109 Å². The summed E-state index contributed by atoms with van der Waals surface area (Å²) in [6.07, 6.45) is 5.49. The van der Waals surface area contributed by atoms with Crippen molar-refractivity contribution in [3.8, 4) is 0 Å². The van der Waals surface area contributed by atoms with Gasteiger partial charge in [0.2, 0.25) is 0 Å². The molecule has 5 heteroatoms. The Morgan fingerprint density at radius 3 is 2.12 bits per heavy atom. The van der Waals surface area contributed by atoms with Gasteiger partial charge in [-0.3, -0.25) is 4.79 Å². The van der Waals surface area contributed by atoms with Gasteiger partial charge >= 0.3 is 5.97 Å². The molecule has 16 heavy (non-hydrogen) atoms. The van der Waals surface area contributed by atoms with E-state index < -0.39 is 0 Å². The van der Waals surface area contributed by atoms with Crippen molar-refractivity contribution in [2.24, 2.45) is 23.0 Å². The highest BCUT2D eigenvalue weighted by atomic mass is 35.5. The molecule has 0 radical (unpaired) electrons. The molecule has 3 atom stereocenters. The SMILES string of the molecule is COC(=O)CC1(CN)C[C@H]2CC[C@H]2C1.Cl.Cl. The van der Waals surface area contributed by atoms with Crippen molar-refractivity contribution in [3.05, 3.63) is 0 Å². The molecule has 2 saturated carbocycles.